The van der Waals surface area contributed by atoms with Gasteiger partial charge >= 0.3 is 0 Å². The Kier molecular flexibility index (Phi) is 6.96. The fourth-order valence-electron chi connectivity index (χ4n) is 2.46. The maximum absolute atomic E-state index is 5.23. The molecule has 128 valence electrons. The van der Waals surface area contributed by atoms with Crippen molar-refractivity contribution in [3.05, 3.63) is 58.9 Å². The Morgan fingerprint density at radius 2 is 2.04 bits per heavy atom. The van der Waals surface area contributed by atoms with E-state index in [2.05, 4.69) is 40.3 Å². The van der Waals surface area contributed by atoms with Crippen LogP contribution in [0.3, 0.4) is 0 Å². The van der Waals surface area contributed by atoms with Crippen molar-refractivity contribution < 1.29 is 4.74 Å². The van der Waals surface area contributed by atoms with Gasteiger partial charge in [0.15, 0.2) is 5.11 Å². The Balaban J connectivity index is 1.86. The van der Waals surface area contributed by atoms with Gasteiger partial charge in [-0.15, -0.1) is 0 Å². The molecule has 24 heavy (non-hydrogen) atoms. The average Bonchev–Trinajstić information content (AvgIpc) is 2.86. The molecule has 0 saturated heterocycles. The molecule has 0 atom stereocenters. The summed E-state index contributed by atoms with van der Waals surface area (Å²) in [4.78, 5) is 0. The molecule has 1 aromatic heterocycles. The van der Waals surface area contributed by atoms with E-state index in [0.29, 0.717) is 18.3 Å². The third-order valence-electron chi connectivity index (χ3n) is 3.80. The van der Waals surface area contributed by atoms with Crippen LogP contribution in [0.1, 0.15) is 22.5 Å². The molecule has 6 heteroatoms. The summed E-state index contributed by atoms with van der Waals surface area (Å²) in [7, 11) is 1.71. The highest BCUT2D eigenvalue weighted by molar-refractivity contribution is 7.80. The third-order valence-corrected chi connectivity index (χ3v) is 4.03. The van der Waals surface area contributed by atoms with Gasteiger partial charge < -0.3 is 14.6 Å². The monoisotopic (exact) mass is 344 g/mol. The first kappa shape index (κ1) is 18.2. The van der Waals surface area contributed by atoms with E-state index in [0.717, 1.165) is 12.1 Å². The SMILES string of the molecule is COCCn1c(C)cc(/C=N\NC(=S)NCc2ccccc2)c1C. The fourth-order valence-corrected chi connectivity index (χ4v) is 2.59. The van der Waals surface area contributed by atoms with Crippen molar-refractivity contribution in [1.82, 2.24) is 15.3 Å². The van der Waals surface area contributed by atoms with Gasteiger partial charge in [0.2, 0.25) is 0 Å². The molecular weight excluding hydrogens is 320 g/mol. The van der Waals surface area contributed by atoms with E-state index in [1.54, 1.807) is 13.3 Å². The molecule has 0 bridgehead atoms. The van der Waals surface area contributed by atoms with Crippen LogP contribution in [-0.2, 0) is 17.8 Å². The van der Waals surface area contributed by atoms with E-state index in [9.17, 15) is 0 Å². The number of hydrogen-bond acceptors (Lipinski definition) is 3. The number of aromatic nitrogens is 1. The van der Waals surface area contributed by atoms with Crippen LogP contribution in [0.2, 0.25) is 0 Å². The van der Waals surface area contributed by atoms with E-state index in [-0.39, 0.29) is 0 Å². The Hall–Kier alpha value is -2.18. The van der Waals surface area contributed by atoms with Crippen LogP contribution in [0.25, 0.3) is 0 Å². The summed E-state index contributed by atoms with van der Waals surface area (Å²) in [6.45, 7) is 6.37. The molecule has 0 aliphatic carbocycles. The van der Waals surface area contributed by atoms with Gasteiger partial charge in [-0.2, -0.15) is 5.10 Å². The van der Waals surface area contributed by atoms with E-state index in [4.69, 9.17) is 17.0 Å². The summed E-state index contributed by atoms with van der Waals surface area (Å²) < 4.78 is 7.37. The van der Waals surface area contributed by atoms with Crippen LogP contribution in [-0.4, -0.2) is 29.6 Å². The zero-order valence-corrected chi connectivity index (χ0v) is 15.2. The predicted molar refractivity (Wildman–Crippen MR) is 102 cm³/mol. The first-order chi connectivity index (χ1) is 11.6. The minimum Gasteiger partial charge on any atom is -0.383 e. The van der Waals surface area contributed by atoms with Crippen LogP contribution in [0.5, 0.6) is 0 Å². The van der Waals surface area contributed by atoms with Gasteiger partial charge in [0.25, 0.3) is 0 Å². The van der Waals surface area contributed by atoms with Gasteiger partial charge in [-0.25, -0.2) is 0 Å². The second kappa shape index (κ2) is 9.20. The lowest BCUT2D eigenvalue weighted by Crippen LogP contribution is -2.31. The number of aryl methyl sites for hydroxylation is 1. The smallest absolute Gasteiger partial charge is 0.187 e. The summed E-state index contributed by atoms with van der Waals surface area (Å²) in [5.74, 6) is 0. The highest BCUT2D eigenvalue weighted by Gasteiger charge is 2.06. The maximum atomic E-state index is 5.23. The summed E-state index contributed by atoms with van der Waals surface area (Å²) in [5, 5.41) is 7.86. The lowest BCUT2D eigenvalue weighted by atomic mass is 10.2. The quantitative estimate of drug-likeness (QED) is 0.461. The normalized spacial score (nSPS) is 11.0. The average molecular weight is 344 g/mol. The number of nitrogens with one attached hydrogen (secondary N) is 2. The molecule has 2 N–H and O–H groups in total. The van der Waals surface area contributed by atoms with Crippen LogP contribution < -0.4 is 10.7 Å². The Morgan fingerprint density at radius 1 is 1.29 bits per heavy atom. The Labute approximate surface area is 148 Å². The largest absolute Gasteiger partial charge is 0.383 e. The number of rotatable bonds is 7. The van der Waals surface area contributed by atoms with Crippen molar-refractivity contribution in [3.8, 4) is 0 Å². The van der Waals surface area contributed by atoms with Gasteiger partial charge in [-0.3, -0.25) is 5.43 Å². The molecule has 1 heterocycles. The number of methoxy groups -OCH3 is 1. The fraction of sp³-hybridized carbons (Fsp3) is 0.333. The number of hydrazone groups is 1. The van der Waals surface area contributed by atoms with Crippen molar-refractivity contribution >= 4 is 23.5 Å². The molecule has 0 aliphatic rings. The zero-order valence-electron chi connectivity index (χ0n) is 14.4. The molecular formula is C18H24N4OS. The number of benzene rings is 1. The summed E-state index contributed by atoms with van der Waals surface area (Å²) in [5.41, 5.74) is 7.46. The molecule has 2 aromatic rings. The lowest BCUT2D eigenvalue weighted by Gasteiger charge is -2.08. The van der Waals surface area contributed by atoms with E-state index in [1.165, 1.54) is 17.0 Å². The number of hydrogen-bond donors (Lipinski definition) is 2. The second-order valence-electron chi connectivity index (χ2n) is 5.51. The molecule has 0 unspecified atom stereocenters. The van der Waals surface area contributed by atoms with Crippen LogP contribution in [0.15, 0.2) is 41.5 Å². The number of thiocarbonyl (C=S) groups is 1. The molecule has 0 spiro atoms. The van der Waals surface area contributed by atoms with Crippen molar-refractivity contribution in [3.63, 3.8) is 0 Å². The summed E-state index contributed by atoms with van der Waals surface area (Å²) >= 11 is 5.23. The minimum atomic E-state index is 0.503. The van der Waals surface area contributed by atoms with Crippen LogP contribution in [0, 0.1) is 13.8 Å². The molecule has 2 rings (SSSR count). The topological polar surface area (TPSA) is 50.6 Å². The molecule has 0 saturated carbocycles. The number of nitrogens with zero attached hydrogens (tertiary/aromatic N) is 2. The number of ether oxygens (including phenoxy) is 1. The van der Waals surface area contributed by atoms with E-state index >= 15 is 0 Å². The first-order valence-electron chi connectivity index (χ1n) is 7.88. The third kappa shape index (κ3) is 5.18. The molecule has 0 radical (unpaired) electrons. The second-order valence-corrected chi connectivity index (χ2v) is 5.92. The van der Waals surface area contributed by atoms with Crippen molar-refractivity contribution in [2.45, 2.75) is 26.9 Å². The van der Waals surface area contributed by atoms with Crippen molar-refractivity contribution in [2.24, 2.45) is 5.10 Å². The predicted octanol–water partition coefficient (Wildman–Crippen LogP) is 2.75. The van der Waals surface area contributed by atoms with Gasteiger partial charge in [0.1, 0.15) is 0 Å². The van der Waals surface area contributed by atoms with E-state index < -0.39 is 0 Å². The minimum absolute atomic E-state index is 0.503. The van der Waals surface area contributed by atoms with Crippen LogP contribution >= 0.6 is 12.2 Å². The first-order valence-corrected chi connectivity index (χ1v) is 8.29. The van der Waals surface area contributed by atoms with Crippen LogP contribution in [0.4, 0.5) is 0 Å². The maximum Gasteiger partial charge on any atom is 0.187 e. The van der Waals surface area contributed by atoms with Crippen molar-refractivity contribution in [2.75, 3.05) is 13.7 Å². The summed E-state index contributed by atoms with van der Waals surface area (Å²) in [6, 6.07) is 12.2. The van der Waals surface area contributed by atoms with Gasteiger partial charge in [-0.05, 0) is 37.7 Å². The Morgan fingerprint density at radius 3 is 2.75 bits per heavy atom. The molecule has 0 aliphatic heterocycles. The summed E-state index contributed by atoms with van der Waals surface area (Å²) in [6.07, 6.45) is 1.79. The standard InChI is InChI=1S/C18H24N4OS/c1-14-11-17(15(2)22(14)9-10-23-3)13-20-21-18(24)19-12-16-7-5-4-6-8-16/h4-8,11,13H,9-10,12H2,1-3H3,(H2,19,21,24)/b20-13-. The van der Waals surface area contributed by atoms with Gasteiger partial charge in [0, 0.05) is 37.2 Å². The molecule has 1 aromatic carbocycles. The zero-order chi connectivity index (χ0) is 17.4. The van der Waals surface area contributed by atoms with Crippen molar-refractivity contribution in [1.29, 1.82) is 0 Å². The van der Waals surface area contributed by atoms with Gasteiger partial charge in [-0.1, -0.05) is 30.3 Å². The highest BCUT2D eigenvalue weighted by Crippen LogP contribution is 2.12. The Bertz CT molecular complexity index is 695. The lowest BCUT2D eigenvalue weighted by molar-refractivity contribution is 0.186. The van der Waals surface area contributed by atoms with E-state index in [1.807, 2.05) is 30.3 Å². The molecule has 0 fully saturated rings. The molecule has 0 amide bonds. The molecule has 5 nitrogen and oxygen atoms in total. The van der Waals surface area contributed by atoms with Gasteiger partial charge in [0.05, 0.1) is 12.8 Å². The highest BCUT2D eigenvalue weighted by atomic mass is 32.1.